The van der Waals surface area contributed by atoms with Crippen LogP contribution in [0.2, 0.25) is 0 Å². The van der Waals surface area contributed by atoms with Crippen LogP contribution in [0.4, 0.5) is 70.2 Å². The van der Waals surface area contributed by atoms with E-state index < -0.39 is 53.1 Å². The van der Waals surface area contributed by atoms with Crippen LogP contribution in [0, 0.1) is 0 Å². The number of allylic oxidation sites excluding steroid dienone is 2. The highest BCUT2D eigenvalue weighted by atomic mass is 19.4. The fourth-order valence-corrected chi connectivity index (χ4v) is 1.83. The quantitative estimate of drug-likeness (QED) is 0.519. The molecule has 0 aromatic rings. The topological polar surface area (TPSA) is 0 Å². The normalized spacial score (nSPS) is 25.9. The third-order valence-corrected chi connectivity index (χ3v) is 3.12. The van der Waals surface area contributed by atoms with E-state index in [1.54, 1.807) is 0 Å². The Morgan fingerprint density at radius 1 is 0.560 bits per heavy atom. The first kappa shape index (κ1) is 21.7. The zero-order valence-electron chi connectivity index (χ0n) is 10.5. The molecule has 1 aliphatic rings. The Bertz CT molecular complexity index is 588. The summed E-state index contributed by atoms with van der Waals surface area (Å²) < 4.78 is 203. The average Bonchev–Trinajstić information content (AvgIpc) is 2.42. The van der Waals surface area contributed by atoms with Crippen LogP contribution in [0.15, 0.2) is 11.4 Å². The average molecular weight is 412 g/mol. The summed E-state index contributed by atoms with van der Waals surface area (Å²) in [5.74, 6) is -34.4. The lowest BCUT2D eigenvalue weighted by Gasteiger charge is -2.38. The van der Waals surface area contributed by atoms with E-state index in [2.05, 4.69) is 0 Å². The number of hydrogen-bond acceptors (Lipinski definition) is 0. The van der Waals surface area contributed by atoms with Crippen LogP contribution in [-0.4, -0.2) is 41.7 Å². The maximum Gasteiger partial charge on any atom is 0.457 e. The van der Waals surface area contributed by atoms with Gasteiger partial charge in [0, 0.05) is 0 Å². The number of alkyl halides is 15. The Balaban J connectivity index is 4.03. The number of hydrogen-bond donors (Lipinski definition) is 0. The summed E-state index contributed by atoms with van der Waals surface area (Å²) in [6.07, 6.45) is -15.5. The second-order valence-corrected chi connectivity index (χ2v) is 4.64. The maximum atomic E-state index is 13.7. The second kappa shape index (κ2) is 4.86. The molecule has 16 heteroatoms. The lowest BCUT2D eigenvalue weighted by atomic mass is 9.84. The molecule has 0 radical (unpaired) electrons. The van der Waals surface area contributed by atoms with Gasteiger partial charge in [0.05, 0.1) is 5.57 Å². The van der Waals surface area contributed by atoms with Crippen molar-refractivity contribution in [3.05, 3.63) is 11.4 Å². The van der Waals surface area contributed by atoms with Crippen LogP contribution in [-0.2, 0) is 0 Å². The number of rotatable bonds is 2. The molecular formula is C9F16. The summed E-state index contributed by atoms with van der Waals surface area (Å²) in [6, 6.07) is 0. The standard InChI is InChI=1S/C9F16/c10-2-1(4(12,13)7(18,19)5(2,14)15)3(11,8(20,21)22)6(16,17)9(23,24)25. The summed E-state index contributed by atoms with van der Waals surface area (Å²) in [4.78, 5) is 0. The van der Waals surface area contributed by atoms with Crippen LogP contribution in [0.1, 0.15) is 0 Å². The van der Waals surface area contributed by atoms with Crippen molar-refractivity contribution in [1.29, 1.82) is 0 Å². The van der Waals surface area contributed by atoms with Crippen LogP contribution < -0.4 is 0 Å². The molecule has 0 aromatic heterocycles. The van der Waals surface area contributed by atoms with Crippen molar-refractivity contribution in [2.75, 3.05) is 0 Å². The van der Waals surface area contributed by atoms with Gasteiger partial charge in [0.15, 0.2) is 5.83 Å². The lowest BCUT2D eigenvalue weighted by molar-refractivity contribution is -0.379. The van der Waals surface area contributed by atoms with E-state index in [1.165, 1.54) is 0 Å². The molecule has 0 N–H and O–H groups in total. The molecule has 1 aliphatic carbocycles. The molecule has 0 fully saturated rings. The molecule has 0 aromatic carbocycles. The molecular weight excluding hydrogens is 412 g/mol. The SMILES string of the molecule is FC1=C(C(F)(C(F)(F)F)C(F)(F)C(F)(F)F)C(F)(F)C(F)(F)C1(F)F. The van der Waals surface area contributed by atoms with Gasteiger partial charge in [-0.1, -0.05) is 0 Å². The van der Waals surface area contributed by atoms with Crippen molar-refractivity contribution in [3.63, 3.8) is 0 Å². The van der Waals surface area contributed by atoms with Gasteiger partial charge in [0.1, 0.15) is 0 Å². The van der Waals surface area contributed by atoms with Crippen LogP contribution in [0.5, 0.6) is 0 Å². The van der Waals surface area contributed by atoms with Crippen molar-refractivity contribution in [2.45, 2.75) is 41.7 Å². The van der Waals surface area contributed by atoms with Gasteiger partial charge in [-0.05, 0) is 0 Å². The zero-order valence-corrected chi connectivity index (χ0v) is 10.5. The first-order valence-electron chi connectivity index (χ1n) is 5.27. The molecule has 148 valence electrons. The second-order valence-electron chi connectivity index (χ2n) is 4.64. The van der Waals surface area contributed by atoms with Crippen LogP contribution >= 0.6 is 0 Å². The molecule has 0 nitrogen and oxygen atoms in total. The highest BCUT2D eigenvalue weighted by Crippen LogP contribution is 2.68. The van der Waals surface area contributed by atoms with Crippen molar-refractivity contribution in [1.82, 2.24) is 0 Å². The maximum absolute atomic E-state index is 13.7. The summed E-state index contributed by atoms with van der Waals surface area (Å²) in [5, 5.41) is 0. The Kier molecular flexibility index (Phi) is 4.22. The largest absolute Gasteiger partial charge is 0.457 e. The molecule has 0 bridgehead atoms. The molecule has 25 heavy (non-hydrogen) atoms. The molecule has 0 saturated carbocycles. The van der Waals surface area contributed by atoms with E-state index >= 15 is 0 Å². The highest BCUT2D eigenvalue weighted by Gasteiger charge is 2.92. The summed E-state index contributed by atoms with van der Waals surface area (Å²) in [7, 11) is 0. The fourth-order valence-electron chi connectivity index (χ4n) is 1.83. The molecule has 1 rings (SSSR count). The third-order valence-electron chi connectivity index (χ3n) is 3.12. The van der Waals surface area contributed by atoms with Gasteiger partial charge in [-0.25, -0.2) is 8.78 Å². The van der Waals surface area contributed by atoms with Crippen molar-refractivity contribution >= 4 is 0 Å². The first-order valence-corrected chi connectivity index (χ1v) is 5.27. The molecule has 0 spiro atoms. The smallest absolute Gasteiger partial charge is 0.221 e. The van der Waals surface area contributed by atoms with E-state index in [4.69, 9.17) is 0 Å². The van der Waals surface area contributed by atoms with E-state index in [1.807, 2.05) is 0 Å². The Morgan fingerprint density at radius 3 is 1.12 bits per heavy atom. The van der Waals surface area contributed by atoms with Crippen LogP contribution in [0.25, 0.3) is 0 Å². The van der Waals surface area contributed by atoms with Gasteiger partial charge in [-0.3, -0.25) is 0 Å². The molecule has 1 atom stereocenters. The summed E-state index contributed by atoms with van der Waals surface area (Å²) >= 11 is 0. The molecule has 0 heterocycles. The van der Waals surface area contributed by atoms with E-state index in [0.717, 1.165) is 0 Å². The summed E-state index contributed by atoms with van der Waals surface area (Å²) in [5.41, 5.74) is -13.0. The van der Waals surface area contributed by atoms with Gasteiger partial charge in [0.25, 0.3) is 0 Å². The van der Waals surface area contributed by atoms with Gasteiger partial charge in [-0.2, -0.15) is 61.5 Å². The molecule has 0 aliphatic heterocycles. The van der Waals surface area contributed by atoms with Crippen molar-refractivity contribution in [3.8, 4) is 0 Å². The third kappa shape index (κ3) is 2.23. The fraction of sp³-hybridized carbons (Fsp3) is 0.778. The summed E-state index contributed by atoms with van der Waals surface area (Å²) in [6.45, 7) is 0. The van der Waals surface area contributed by atoms with Crippen LogP contribution in [0.3, 0.4) is 0 Å². The van der Waals surface area contributed by atoms with E-state index in [0.29, 0.717) is 0 Å². The molecule has 0 amide bonds. The van der Waals surface area contributed by atoms with E-state index in [-0.39, 0.29) is 0 Å². The predicted octanol–water partition coefficient (Wildman–Crippen LogP) is 5.60. The van der Waals surface area contributed by atoms with Gasteiger partial charge in [-0.15, -0.1) is 0 Å². The number of halogens is 16. The van der Waals surface area contributed by atoms with Gasteiger partial charge in [0.2, 0.25) is 0 Å². The first-order chi connectivity index (χ1) is 10.5. The Morgan fingerprint density at radius 2 is 0.920 bits per heavy atom. The van der Waals surface area contributed by atoms with E-state index in [9.17, 15) is 70.2 Å². The van der Waals surface area contributed by atoms with Crippen molar-refractivity contribution < 1.29 is 70.2 Å². The molecule has 0 saturated heterocycles. The Hall–Kier alpha value is -1.38. The molecule has 1 unspecified atom stereocenters. The highest BCUT2D eigenvalue weighted by molar-refractivity contribution is 5.46. The minimum Gasteiger partial charge on any atom is -0.221 e. The van der Waals surface area contributed by atoms with Gasteiger partial charge >= 0.3 is 41.7 Å². The monoisotopic (exact) mass is 412 g/mol. The Labute approximate surface area is 125 Å². The minimum atomic E-state index is -8.02. The van der Waals surface area contributed by atoms with Crippen molar-refractivity contribution in [2.24, 2.45) is 0 Å². The van der Waals surface area contributed by atoms with Gasteiger partial charge < -0.3 is 0 Å². The zero-order chi connectivity index (χ0) is 20.7. The lowest BCUT2D eigenvalue weighted by Crippen LogP contribution is -2.66. The minimum absolute atomic E-state index is 4.79. The predicted molar refractivity (Wildman–Crippen MR) is 43.9 cm³/mol.